The zero-order valence-electron chi connectivity index (χ0n) is 6.68. The van der Waals surface area contributed by atoms with Crippen LogP contribution in [0.2, 0.25) is 0 Å². The summed E-state index contributed by atoms with van der Waals surface area (Å²) < 4.78 is 0. The number of hydrogen-bond acceptors (Lipinski definition) is 3. The van der Waals surface area contributed by atoms with Gasteiger partial charge in [-0.15, -0.1) is 0 Å². The molecule has 0 spiro atoms. The van der Waals surface area contributed by atoms with E-state index in [2.05, 4.69) is 10.6 Å². The van der Waals surface area contributed by atoms with Crippen LogP contribution < -0.4 is 16.4 Å². The molecule has 11 heavy (non-hydrogen) atoms. The fraction of sp³-hybridized carbons (Fsp3) is 0.667. The molecule has 0 aliphatic rings. The molecule has 4 N–H and O–H groups in total. The maximum atomic E-state index is 10.8. The average Bonchev–Trinajstić information content (AvgIpc) is 2.02. The SMILES string of the molecule is CNC(=O)[C@H](C)NC(=O)CN. The fourth-order valence-electron chi connectivity index (χ4n) is 0.582. The van der Waals surface area contributed by atoms with Crippen molar-refractivity contribution in [1.29, 1.82) is 0 Å². The average molecular weight is 159 g/mol. The Bertz CT molecular complexity index is 158. The van der Waals surface area contributed by atoms with Crippen molar-refractivity contribution in [2.75, 3.05) is 13.6 Å². The Labute approximate surface area is 65.3 Å². The number of rotatable bonds is 3. The second kappa shape index (κ2) is 4.68. The van der Waals surface area contributed by atoms with Crippen LogP contribution in [0.4, 0.5) is 0 Å². The minimum Gasteiger partial charge on any atom is -0.357 e. The first-order valence-electron chi connectivity index (χ1n) is 3.32. The molecule has 5 nitrogen and oxygen atoms in total. The fourth-order valence-corrected chi connectivity index (χ4v) is 0.582. The highest BCUT2D eigenvalue weighted by molar-refractivity contribution is 5.87. The van der Waals surface area contributed by atoms with E-state index in [1.807, 2.05) is 0 Å². The second-order valence-corrected chi connectivity index (χ2v) is 2.11. The summed E-state index contributed by atoms with van der Waals surface area (Å²) in [7, 11) is 1.51. The molecule has 0 saturated carbocycles. The van der Waals surface area contributed by atoms with Gasteiger partial charge in [-0.1, -0.05) is 0 Å². The molecule has 0 unspecified atom stereocenters. The molecular weight excluding hydrogens is 146 g/mol. The van der Waals surface area contributed by atoms with Gasteiger partial charge >= 0.3 is 0 Å². The van der Waals surface area contributed by atoms with Crippen LogP contribution in [0.1, 0.15) is 6.92 Å². The van der Waals surface area contributed by atoms with Gasteiger partial charge in [0.05, 0.1) is 6.54 Å². The van der Waals surface area contributed by atoms with E-state index in [1.54, 1.807) is 6.92 Å². The Kier molecular flexibility index (Phi) is 4.21. The van der Waals surface area contributed by atoms with Crippen molar-refractivity contribution in [2.24, 2.45) is 5.73 Å². The highest BCUT2D eigenvalue weighted by Gasteiger charge is 2.11. The van der Waals surface area contributed by atoms with Gasteiger partial charge in [0.15, 0.2) is 0 Å². The smallest absolute Gasteiger partial charge is 0.242 e. The van der Waals surface area contributed by atoms with Gasteiger partial charge in [0.1, 0.15) is 6.04 Å². The third-order valence-corrected chi connectivity index (χ3v) is 1.20. The van der Waals surface area contributed by atoms with Crippen LogP contribution >= 0.6 is 0 Å². The van der Waals surface area contributed by atoms with Crippen LogP contribution in [0.25, 0.3) is 0 Å². The Morgan fingerprint density at radius 1 is 1.55 bits per heavy atom. The van der Waals surface area contributed by atoms with Crippen LogP contribution in [0, 0.1) is 0 Å². The molecule has 0 rings (SSSR count). The molecule has 1 atom stereocenters. The van der Waals surface area contributed by atoms with Gasteiger partial charge in [0.2, 0.25) is 11.8 Å². The summed E-state index contributed by atoms with van der Waals surface area (Å²) in [5.41, 5.74) is 5.02. The van der Waals surface area contributed by atoms with E-state index in [-0.39, 0.29) is 18.4 Å². The van der Waals surface area contributed by atoms with E-state index in [4.69, 9.17) is 5.73 Å². The summed E-state index contributed by atoms with van der Waals surface area (Å²) in [6.45, 7) is 1.49. The van der Waals surface area contributed by atoms with E-state index in [1.165, 1.54) is 7.05 Å². The summed E-state index contributed by atoms with van der Waals surface area (Å²) in [5, 5.41) is 4.80. The lowest BCUT2D eigenvalue weighted by molar-refractivity contribution is -0.127. The zero-order valence-corrected chi connectivity index (χ0v) is 6.68. The van der Waals surface area contributed by atoms with Gasteiger partial charge in [-0.25, -0.2) is 0 Å². The summed E-state index contributed by atoms with van der Waals surface area (Å²) in [4.78, 5) is 21.4. The summed E-state index contributed by atoms with van der Waals surface area (Å²) in [5.74, 6) is -0.562. The molecule has 0 radical (unpaired) electrons. The highest BCUT2D eigenvalue weighted by atomic mass is 16.2. The van der Waals surface area contributed by atoms with Gasteiger partial charge in [-0.3, -0.25) is 9.59 Å². The number of likely N-dealkylation sites (N-methyl/N-ethyl adjacent to an activating group) is 1. The first-order valence-corrected chi connectivity index (χ1v) is 3.32. The number of carbonyl (C=O) groups is 2. The molecule has 0 aromatic carbocycles. The van der Waals surface area contributed by atoms with Crippen molar-refractivity contribution < 1.29 is 9.59 Å². The topological polar surface area (TPSA) is 84.2 Å². The van der Waals surface area contributed by atoms with E-state index in [0.717, 1.165) is 0 Å². The van der Waals surface area contributed by atoms with Crippen molar-refractivity contribution >= 4 is 11.8 Å². The van der Waals surface area contributed by atoms with Crippen molar-refractivity contribution in [1.82, 2.24) is 10.6 Å². The molecule has 0 aromatic rings. The molecular formula is C6H13N3O2. The lowest BCUT2D eigenvalue weighted by Gasteiger charge is -2.10. The third-order valence-electron chi connectivity index (χ3n) is 1.20. The highest BCUT2D eigenvalue weighted by Crippen LogP contribution is 1.79. The summed E-state index contributed by atoms with van der Waals surface area (Å²) >= 11 is 0. The lowest BCUT2D eigenvalue weighted by Crippen LogP contribution is -2.45. The zero-order chi connectivity index (χ0) is 8.85. The molecule has 0 fully saturated rings. The van der Waals surface area contributed by atoms with Crippen molar-refractivity contribution in [3.8, 4) is 0 Å². The predicted molar refractivity (Wildman–Crippen MR) is 40.7 cm³/mol. The molecule has 5 heteroatoms. The van der Waals surface area contributed by atoms with Gasteiger partial charge in [-0.05, 0) is 6.92 Å². The van der Waals surface area contributed by atoms with Crippen molar-refractivity contribution in [3.63, 3.8) is 0 Å². The van der Waals surface area contributed by atoms with Crippen LogP contribution in [0.3, 0.4) is 0 Å². The molecule has 64 valence electrons. The van der Waals surface area contributed by atoms with Gasteiger partial charge < -0.3 is 16.4 Å². The Balaban J connectivity index is 3.77. The molecule has 0 aliphatic heterocycles. The van der Waals surface area contributed by atoms with E-state index >= 15 is 0 Å². The Hall–Kier alpha value is -1.10. The Morgan fingerprint density at radius 3 is 2.45 bits per heavy atom. The van der Waals surface area contributed by atoms with Crippen LogP contribution in [0.5, 0.6) is 0 Å². The molecule has 0 aliphatic carbocycles. The van der Waals surface area contributed by atoms with Crippen molar-refractivity contribution in [2.45, 2.75) is 13.0 Å². The molecule has 2 amide bonds. The van der Waals surface area contributed by atoms with E-state index in [9.17, 15) is 9.59 Å². The number of hydrogen-bond donors (Lipinski definition) is 3. The van der Waals surface area contributed by atoms with E-state index < -0.39 is 6.04 Å². The quantitative estimate of drug-likeness (QED) is 0.454. The van der Waals surface area contributed by atoms with E-state index in [0.29, 0.717) is 0 Å². The van der Waals surface area contributed by atoms with Crippen LogP contribution in [0.15, 0.2) is 0 Å². The van der Waals surface area contributed by atoms with Gasteiger partial charge in [-0.2, -0.15) is 0 Å². The number of nitrogens with two attached hydrogens (primary N) is 1. The minimum absolute atomic E-state index is 0.0959. The van der Waals surface area contributed by atoms with Crippen LogP contribution in [-0.2, 0) is 9.59 Å². The first-order chi connectivity index (χ1) is 5.11. The maximum Gasteiger partial charge on any atom is 0.242 e. The van der Waals surface area contributed by atoms with Crippen molar-refractivity contribution in [3.05, 3.63) is 0 Å². The number of carbonyl (C=O) groups excluding carboxylic acids is 2. The number of nitrogens with one attached hydrogen (secondary N) is 2. The monoisotopic (exact) mass is 159 g/mol. The first kappa shape index (κ1) is 9.90. The molecule has 0 saturated heterocycles. The maximum absolute atomic E-state index is 10.8. The normalized spacial score (nSPS) is 11.9. The molecule has 0 aromatic heterocycles. The largest absolute Gasteiger partial charge is 0.357 e. The summed E-state index contributed by atoms with van der Waals surface area (Å²) in [6.07, 6.45) is 0. The Morgan fingerprint density at radius 2 is 2.09 bits per heavy atom. The lowest BCUT2D eigenvalue weighted by atomic mass is 10.3. The predicted octanol–water partition coefficient (Wildman–Crippen LogP) is -1.80. The number of amides is 2. The van der Waals surface area contributed by atoms with Gasteiger partial charge in [0.25, 0.3) is 0 Å². The van der Waals surface area contributed by atoms with Crippen LogP contribution in [-0.4, -0.2) is 31.4 Å². The minimum atomic E-state index is -0.518. The molecule has 0 heterocycles. The molecule has 0 bridgehead atoms. The standard InChI is InChI=1S/C6H13N3O2/c1-4(6(11)8-2)9-5(10)3-7/h4H,3,7H2,1-2H3,(H,8,11)(H,9,10)/t4-/m0/s1. The third kappa shape index (κ3) is 3.57. The van der Waals surface area contributed by atoms with Gasteiger partial charge in [0, 0.05) is 7.05 Å². The second-order valence-electron chi connectivity index (χ2n) is 2.11. The summed E-state index contributed by atoms with van der Waals surface area (Å²) in [6, 6.07) is -0.518.